The fraction of sp³-hybridized carbons (Fsp3) is 0.385. The van der Waals surface area contributed by atoms with Crippen molar-refractivity contribution in [3.63, 3.8) is 0 Å². The van der Waals surface area contributed by atoms with Crippen molar-refractivity contribution in [2.75, 3.05) is 5.32 Å². The van der Waals surface area contributed by atoms with Gasteiger partial charge in [-0.3, -0.25) is 4.79 Å². The summed E-state index contributed by atoms with van der Waals surface area (Å²) in [4.78, 5) is 12.4. The number of carbonyl (C=O) groups is 1. The monoisotopic (exact) mass is 315 g/mol. The highest BCUT2D eigenvalue weighted by Gasteiger charge is 2.52. The fourth-order valence-corrected chi connectivity index (χ4v) is 3.03. The molecule has 7 heteroatoms. The molecule has 108 valence electrons. The number of benzene rings is 1. The molecular formula is C13H15Cl2N3O2. The Kier molecular flexibility index (Phi) is 4.11. The quantitative estimate of drug-likeness (QED) is 0.346. The zero-order valence-electron chi connectivity index (χ0n) is 10.9. The molecule has 0 heterocycles. The van der Waals surface area contributed by atoms with Crippen molar-refractivity contribution in [2.24, 2.45) is 22.2 Å². The molecule has 0 aliphatic heterocycles. The average molecular weight is 316 g/mol. The molecule has 1 aliphatic carbocycles. The van der Waals surface area contributed by atoms with Gasteiger partial charge >= 0.3 is 0 Å². The van der Waals surface area contributed by atoms with Crippen LogP contribution in [0, 0.1) is 11.3 Å². The molecule has 0 spiro atoms. The smallest absolute Gasteiger partial charge is 0.238 e. The molecule has 0 radical (unpaired) electrons. The Balaban J connectivity index is 2.22. The van der Waals surface area contributed by atoms with E-state index in [9.17, 15) is 4.79 Å². The predicted octanol–water partition coefficient (Wildman–Crippen LogP) is 3.09. The van der Waals surface area contributed by atoms with Gasteiger partial charge in [0, 0.05) is 5.02 Å². The lowest BCUT2D eigenvalue weighted by atomic mass is 9.61. The van der Waals surface area contributed by atoms with Crippen molar-refractivity contribution in [1.82, 2.24) is 0 Å². The van der Waals surface area contributed by atoms with Crippen LogP contribution >= 0.6 is 23.2 Å². The highest BCUT2D eigenvalue weighted by molar-refractivity contribution is 6.36. The van der Waals surface area contributed by atoms with Crippen LogP contribution in [0.4, 0.5) is 5.69 Å². The Bertz CT molecular complexity index is 569. The van der Waals surface area contributed by atoms with Crippen LogP contribution < -0.4 is 11.1 Å². The maximum absolute atomic E-state index is 12.4. The van der Waals surface area contributed by atoms with Gasteiger partial charge in [0.05, 0.1) is 10.7 Å². The fourth-order valence-electron chi connectivity index (χ4n) is 2.57. The summed E-state index contributed by atoms with van der Waals surface area (Å²) in [7, 11) is 0. The van der Waals surface area contributed by atoms with Crippen molar-refractivity contribution in [2.45, 2.75) is 19.8 Å². The van der Waals surface area contributed by atoms with E-state index < -0.39 is 5.41 Å². The summed E-state index contributed by atoms with van der Waals surface area (Å²) in [5.74, 6) is -0.0463. The summed E-state index contributed by atoms with van der Waals surface area (Å²) < 4.78 is 0. The maximum Gasteiger partial charge on any atom is 0.238 e. The first-order valence-corrected chi connectivity index (χ1v) is 6.89. The van der Waals surface area contributed by atoms with Crippen LogP contribution in [0.5, 0.6) is 0 Å². The van der Waals surface area contributed by atoms with E-state index in [-0.39, 0.29) is 11.7 Å². The molecular weight excluding hydrogens is 301 g/mol. The van der Waals surface area contributed by atoms with E-state index in [2.05, 4.69) is 10.5 Å². The first-order chi connectivity index (χ1) is 9.39. The van der Waals surface area contributed by atoms with Crippen LogP contribution in [0.15, 0.2) is 23.4 Å². The SMILES string of the molecule is CC1CC(C(=O)Nc2ccc(Cl)cc2Cl)(/C(N)=N/O)C1. The zero-order chi connectivity index (χ0) is 14.9. The van der Waals surface area contributed by atoms with Gasteiger partial charge < -0.3 is 16.3 Å². The van der Waals surface area contributed by atoms with E-state index in [0.29, 0.717) is 34.5 Å². The van der Waals surface area contributed by atoms with E-state index >= 15 is 0 Å². The van der Waals surface area contributed by atoms with Gasteiger partial charge in [-0.15, -0.1) is 0 Å². The van der Waals surface area contributed by atoms with Gasteiger partial charge in [-0.2, -0.15) is 0 Å². The van der Waals surface area contributed by atoms with Crippen molar-refractivity contribution >= 4 is 40.6 Å². The molecule has 1 aromatic carbocycles. The van der Waals surface area contributed by atoms with Crippen molar-refractivity contribution in [3.8, 4) is 0 Å². The molecule has 4 N–H and O–H groups in total. The molecule has 0 unspecified atom stereocenters. The van der Waals surface area contributed by atoms with E-state index in [1.165, 1.54) is 6.07 Å². The molecule has 1 amide bonds. The maximum atomic E-state index is 12.4. The van der Waals surface area contributed by atoms with Gasteiger partial charge in [0.2, 0.25) is 5.91 Å². The van der Waals surface area contributed by atoms with Gasteiger partial charge in [0.15, 0.2) is 5.84 Å². The molecule has 1 aliphatic rings. The minimum atomic E-state index is -0.961. The number of nitrogens with two attached hydrogens (primary N) is 1. The first-order valence-electron chi connectivity index (χ1n) is 6.13. The third-order valence-electron chi connectivity index (χ3n) is 3.61. The minimum absolute atomic E-state index is 0.0711. The van der Waals surface area contributed by atoms with Gasteiger partial charge in [0.1, 0.15) is 5.41 Å². The summed E-state index contributed by atoms with van der Waals surface area (Å²) >= 11 is 11.8. The lowest BCUT2D eigenvalue weighted by Gasteiger charge is -2.43. The summed E-state index contributed by atoms with van der Waals surface area (Å²) in [6.45, 7) is 2.01. The van der Waals surface area contributed by atoms with E-state index in [1.807, 2.05) is 6.92 Å². The molecule has 20 heavy (non-hydrogen) atoms. The number of oxime groups is 1. The Morgan fingerprint density at radius 3 is 2.65 bits per heavy atom. The van der Waals surface area contributed by atoms with Gasteiger partial charge in [-0.1, -0.05) is 35.3 Å². The molecule has 1 aromatic rings. The average Bonchev–Trinajstić information content (AvgIpc) is 2.37. The standard InChI is InChI=1S/C13H15Cl2N3O2/c1-7-5-13(6-7,11(16)18-20)12(19)17-10-3-2-8(14)4-9(10)15/h2-4,7,20H,5-6H2,1H3,(H2,16,18)(H,17,19). The van der Waals surface area contributed by atoms with Crippen LogP contribution in [-0.4, -0.2) is 17.0 Å². The van der Waals surface area contributed by atoms with Crippen molar-refractivity contribution in [1.29, 1.82) is 0 Å². The highest BCUT2D eigenvalue weighted by atomic mass is 35.5. The zero-order valence-corrected chi connectivity index (χ0v) is 12.4. The van der Waals surface area contributed by atoms with Crippen LogP contribution in [0.25, 0.3) is 0 Å². The second kappa shape index (κ2) is 5.50. The lowest BCUT2D eigenvalue weighted by molar-refractivity contribution is -0.127. The molecule has 1 fully saturated rings. The molecule has 0 aromatic heterocycles. The molecule has 0 atom stereocenters. The molecule has 5 nitrogen and oxygen atoms in total. The largest absolute Gasteiger partial charge is 0.409 e. The summed E-state index contributed by atoms with van der Waals surface area (Å²) in [5, 5.41) is 15.4. The normalized spacial score (nSPS) is 25.9. The molecule has 1 saturated carbocycles. The Hall–Kier alpha value is -1.46. The number of nitrogens with one attached hydrogen (secondary N) is 1. The van der Waals surface area contributed by atoms with Gasteiger partial charge in [-0.05, 0) is 37.0 Å². The number of hydrogen-bond donors (Lipinski definition) is 3. The number of nitrogens with zero attached hydrogens (tertiary/aromatic N) is 1. The van der Waals surface area contributed by atoms with Crippen LogP contribution in [0.1, 0.15) is 19.8 Å². The molecule has 2 rings (SSSR count). The van der Waals surface area contributed by atoms with Crippen LogP contribution in [0.3, 0.4) is 0 Å². The van der Waals surface area contributed by atoms with Gasteiger partial charge in [0.25, 0.3) is 0 Å². The summed E-state index contributed by atoms with van der Waals surface area (Å²) in [6.07, 6.45) is 1.08. The molecule has 0 bridgehead atoms. The topological polar surface area (TPSA) is 87.7 Å². The Labute approximate surface area is 126 Å². The second-order valence-electron chi connectivity index (χ2n) is 5.16. The number of amides is 1. The van der Waals surface area contributed by atoms with Crippen LogP contribution in [0.2, 0.25) is 10.0 Å². The third-order valence-corrected chi connectivity index (χ3v) is 4.15. The number of hydrogen-bond acceptors (Lipinski definition) is 3. The Morgan fingerprint density at radius 2 is 2.15 bits per heavy atom. The van der Waals surface area contributed by atoms with Crippen LogP contribution in [-0.2, 0) is 4.79 Å². The molecule has 0 saturated heterocycles. The number of anilines is 1. The van der Waals surface area contributed by atoms with E-state index in [4.69, 9.17) is 34.1 Å². The Morgan fingerprint density at radius 1 is 1.50 bits per heavy atom. The lowest BCUT2D eigenvalue weighted by Crippen LogP contribution is -2.54. The highest BCUT2D eigenvalue weighted by Crippen LogP contribution is 2.46. The second-order valence-corrected chi connectivity index (χ2v) is 6.00. The third kappa shape index (κ3) is 2.55. The van der Waals surface area contributed by atoms with Gasteiger partial charge in [-0.25, -0.2) is 0 Å². The summed E-state index contributed by atoms with van der Waals surface area (Å²) in [5.41, 5.74) is 5.17. The number of rotatable bonds is 3. The van der Waals surface area contributed by atoms with E-state index in [0.717, 1.165) is 0 Å². The number of halogens is 2. The minimum Gasteiger partial charge on any atom is -0.409 e. The predicted molar refractivity (Wildman–Crippen MR) is 79.3 cm³/mol. The van der Waals surface area contributed by atoms with Crippen molar-refractivity contribution in [3.05, 3.63) is 28.2 Å². The van der Waals surface area contributed by atoms with Crippen molar-refractivity contribution < 1.29 is 10.0 Å². The number of amidine groups is 1. The first kappa shape index (κ1) is 14.9. The summed E-state index contributed by atoms with van der Waals surface area (Å²) in [6, 6.07) is 4.78. The van der Waals surface area contributed by atoms with E-state index in [1.54, 1.807) is 12.1 Å². The number of carbonyl (C=O) groups excluding carboxylic acids is 1.